The van der Waals surface area contributed by atoms with Crippen molar-refractivity contribution in [1.29, 1.82) is 0 Å². The van der Waals surface area contributed by atoms with E-state index in [9.17, 15) is 18.0 Å². The second kappa shape index (κ2) is 8.00. The van der Waals surface area contributed by atoms with E-state index >= 15 is 0 Å². The van der Waals surface area contributed by atoms with Gasteiger partial charge in [-0.05, 0) is 48.3 Å². The largest absolute Gasteiger partial charge is 0.452 e. The van der Waals surface area contributed by atoms with Gasteiger partial charge < -0.3 is 14.6 Å². The molecule has 9 nitrogen and oxygen atoms in total. The first-order valence-electron chi connectivity index (χ1n) is 10.5. The summed E-state index contributed by atoms with van der Waals surface area (Å²) < 4.78 is 38.1. The zero-order valence-corrected chi connectivity index (χ0v) is 19.1. The molecule has 10 heteroatoms. The molecule has 1 saturated heterocycles. The lowest BCUT2D eigenvalue weighted by molar-refractivity contribution is -0.119. The van der Waals surface area contributed by atoms with Crippen LogP contribution in [-0.2, 0) is 19.6 Å². The number of nitrogens with one attached hydrogen (secondary N) is 1. The standard InChI is InChI=1S/C22H27N3O6S/c1-21(2)10-16-11-22(3,13-21)14-25(16)32(28,29)17-6-4-5-15(9-17)20(27)30-12-19(26)23-18-7-8-31-24-18/h4-9,16H,10-14H2,1-3H3,(H,23,24,26). The molecule has 1 aromatic carbocycles. The number of ether oxygens (including phenoxy) is 1. The van der Waals surface area contributed by atoms with Crippen LogP contribution in [0.5, 0.6) is 0 Å². The van der Waals surface area contributed by atoms with Crippen molar-refractivity contribution >= 4 is 27.7 Å². The van der Waals surface area contributed by atoms with Crippen molar-refractivity contribution in [2.24, 2.45) is 10.8 Å². The summed E-state index contributed by atoms with van der Waals surface area (Å²) in [7, 11) is -3.78. The number of sulfonamides is 1. The van der Waals surface area contributed by atoms with Crippen LogP contribution in [-0.4, -0.2) is 48.9 Å². The van der Waals surface area contributed by atoms with Gasteiger partial charge in [-0.2, -0.15) is 4.31 Å². The van der Waals surface area contributed by atoms with E-state index in [4.69, 9.17) is 4.74 Å². The number of carbonyl (C=O) groups excluding carboxylic acids is 2. The molecule has 1 aliphatic heterocycles. The third kappa shape index (κ3) is 4.56. The van der Waals surface area contributed by atoms with E-state index in [2.05, 4.69) is 35.8 Å². The third-order valence-corrected chi connectivity index (χ3v) is 7.98. The lowest BCUT2D eigenvalue weighted by atomic mass is 9.65. The number of aromatic nitrogens is 1. The molecule has 1 saturated carbocycles. The van der Waals surface area contributed by atoms with Gasteiger partial charge in [-0.15, -0.1) is 0 Å². The average Bonchev–Trinajstić information content (AvgIpc) is 3.30. The molecule has 32 heavy (non-hydrogen) atoms. The van der Waals surface area contributed by atoms with Gasteiger partial charge in [0.2, 0.25) is 10.0 Å². The van der Waals surface area contributed by atoms with Gasteiger partial charge in [-0.25, -0.2) is 13.2 Å². The molecule has 1 aliphatic carbocycles. The molecule has 2 atom stereocenters. The minimum absolute atomic E-state index is 0.0484. The van der Waals surface area contributed by atoms with Crippen molar-refractivity contribution in [3.05, 3.63) is 42.2 Å². The third-order valence-electron chi connectivity index (χ3n) is 6.08. The van der Waals surface area contributed by atoms with Crippen molar-refractivity contribution in [3.8, 4) is 0 Å². The van der Waals surface area contributed by atoms with Crippen molar-refractivity contribution in [3.63, 3.8) is 0 Å². The molecule has 2 aliphatic rings. The fourth-order valence-corrected chi connectivity index (χ4v) is 7.10. The van der Waals surface area contributed by atoms with Crippen molar-refractivity contribution in [2.75, 3.05) is 18.5 Å². The van der Waals surface area contributed by atoms with Gasteiger partial charge in [0, 0.05) is 18.7 Å². The summed E-state index contributed by atoms with van der Waals surface area (Å²) in [5.74, 6) is -1.17. The second-order valence-electron chi connectivity index (χ2n) is 9.80. The predicted molar refractivity (Wildman–Crippen MR) is 115 cm³/mol. The average molecular weight is 462 g/mol. The first-order chi connectivity index (χ1) is 15.0. The molecule has 1 N–H and O–H groups in total. The first kappa shape index (κ1) is 22.5. The number of fused-ring (bicyclic) bond motifs is 2. The van der Waals surface area contributed by atoms with E-state index < -0.39 is 28.5 Å². The topological polar surface area (TPSA) is 119 Å². The fraction of sp³-hybridized carbons (Fsp3) is 0.500. The van der Waals surface area contributed by atoms with Crippen LogP contribution in [0, 0.1) is 10.8 Å². The van der Waals surface area contributed by atoms with Gasteiger partial charge in [0.1, 0.15) is 6.26 Å². The number of nitrogens with zero attached hydrogens (tertiary/aromatic N) is 2. The van der Waals surface area contributed by atoms with Crippen molar-refractivity contribution in [1.82, 2.24) is 9.46 Å². The first-order valence-corrected chi connectivity index (χ1v) is 11.9. The Morgan fingerprint density at radius 2 is 2.03 bits per heavy atom. The van der Waals surface area contributed by atoms with Crippen LogP contribution in [0.3, 0.4) is 0 Å². The Bertz CT molecular complexity index is 1130. The van der Waals surface area contributed by atoms with Crippen LogP contribution in [0.2, 0.25) is 0 Å². The maximum atomic E-state index is 13.4. The second-order valence-corrected chi connectivity index (χ2v) is 11.7. The number of hydrogen-bond acceptors (Lipinski definition) is 7. The fourth-order valence-electron chi connectivity index (χ4n) is 5.28. The van der Waals surface area contributed by atoms with Crippen LogP contribution >= 0.6 is 0 Å². The lowest BCUT2D eigenvalue weighted by Gasteiger charge is -2.39. The van der Waals surface area contributed by atoms with Crippen LogP contribution in [0.15, 0.2) is 46.0 Å². The summed E-state index contributed by atoms with van der Waals surface area (Å²) in [6.07, 6.45) is 3.93. The van der Waals surface area contributed by atoms with E-state index in [-0.39, 0.29) is 33.1 Å². The summed E-state index contributed by atoms with van der Waals surface area (Å²) in [6.45, 7) is 6.45. The minimum Gasteiger partial charge on any atom is -0.452 e. The molecule has 2 aromatic rings. The summed E-state index contributed by atoms with van der Waals surface area (Å²) in [5.41, 5.74) is 0.0990. The molecule has 1 aromatic heterocycles. The SMILES string of the molecule is CC1(C)CC2CC(C)(CN2S(=O)(=O)c2cccc(C(=O)OCC(=O)Nc3ccon3)c2)C1. The summed E-state index contributed by atoms with van der Waals surface area (Å²) >= 11 is 0. The lowest BCUT2D eigenvalue weighted by Crippen LogP contribution is -2.37. The van der Waals surface area contributed by atoms with Crippen LogP contribution in [0.4, 0.5) is 5.82 Å². The van der Waals surface area contributed by atoms with Gasteiger partial charge in [-0.1, -0.05) is 32.0 Å². The van der Waals surface area contributed by atoms with E-state index in [1.165, 1.54) is 36.6 Å². The predicted octanol–water partition coefficient (Wildman–Crippen LogP) is 3.06. The number of carbonyl (C=O) groups is 2. The molecule has 2 fully saturated rings. The molecule has 4 rings (SSSR count). The summed E-state index contributed by atoms with van der Waals surface area (Å²) in [6, 6.07) is 7.16. The Morgan fingerprint density at radius 1 is 1.25 bits per heavy atom. The van der Waals surface area contributed by atoms with Gasteiger partial charge >= 0.3 is 5.97 Å². The Kier molecular flexibility index (Phi) is 5.62. The van der Waals surface area contributed by atoms with Crippen LogP contribution in [0.25, 0.3) is 0 Å². The van der Waals surface area contributed by atoms with E-state index in [0.29, 0.717) is 6.54 Å². The number of rotatable bonds is 6. The highest BCUT2D eigenvalue weighted by Gasteiger charge is 2.53. The maximum Gasteiger partial charge on any atom is 0.338 e. The molecule has 0 spiro atoms. The van der Waals surface area contributed by atoms with Crippen molar-refractivity contribution < 1.29 is 27.3 Å². The van der Waals surface area contributed by atoms with Gasteiger partial charge in [0.05, 0.1) is 10.5 Å². The molecular weight excluding hydrogens is 434 g/mol. The quantitative estimate of drug-likeness (QED) is 0.657. The molecule has 2 heterocycles. The molecule has 0 radical (unpaired) electrons. The van der Waals surface area contributed by atoms with E-state index in [1.54, 1.807) is 4.31 Å². The number of hydrogen-bond donors (Lipinski definition) is 1. The van der Waals surface area contributed by atoms with E-state index in [1.807, 2.05) is 0 Å². The van der Waals surface area contributed by atoms with Gasteiger partial charge in [0.25, 0.3) is 5.91 Å². The van der Waals surface area contributed by atoms with Crippen LogP contribution < -0.4 is 5.32 Å². The Morgan fingerprint density at radius 3 is 2.75 bits per heavy atom. The number of benzene rings is 1. The smallest absolute Gasteiger partial charge is 0.338 e. The highest BCUT2D eigenvalue weighted by molar-refractivity contribution is 7.89. The van der Waals surface area contributed by atoms with Gasteiger partial charge in [0.15, 0.2) is 12.4 Å². The Balaban J connectivity index is 1.46. The van der Waals surface area contributed by atoms with Crippen LogP contribution in [0.1, 0.15) is 50.4 Å². The Hall–Kier alpha value is -2.72. The molecular formula is C22H27N3O6S. The maximum absolute atomic E-state index is 13.4. The Labute approximate surface area is 187 Å². The van der Waals surface area contributed by atoms with Crippen molar-refractivity contribution in [2.45, 2.75) is 51.0 Å². The molecule has 2 unspecified atom stereocenters. The van der Waals surface area contributed by atoms with Gasteiger partial charge in [-0.3, -0.25) is 4.79 Å². The highest BCUT2D eigenvalue weighted by Crippen LogP contribution is 2.53. The molecule has 172 valence electrons. The summed E-state index contributed by atoms with van der Waals surface area (Å²) in [4.78, 5) is 24.3. The zero-order chi connectivity index (χ0) is 23.1. The van der Waals surface area contributed by atoms with E-state index in [0.717, 1.165) is 19.3 Å². The number of anilines is 1. The highest BCUT2D eigenvalue weighted by atomic mass is 32.2. The zero-order valence-electron chi connectivity index (χ0n) is 18.3. The number of esters is 1. The normalized spacial score (nSPS) is 24.8. The number of amides is 1. The summed E-state index contributed by atoms with van der Waals surface area (Å²) in [5, 5.41) is 5.94. The molecule has 1 amide bonds. The molecule has 2 bridgehead atoms. The monoisotopic (exact) mass is 461 g/mol. The minimum atomic E-state index is -3.78.